The second-order valence-electron chi connectivity index (χ2n) is 5.74. The lowest BCUT2D eigenvalue weighted by Crippen LogP contribution is -2.15. The minimum absolute atomic E-state index is 0.167. The van der Waals surface area contributed by atoms with Crippen LogP contribution in [0.1, 0.15) is 11.1 Å². The van der Waals surface area contributed by atoms with Gasteiger partial charge in [-0.1, -0.05) is 24.3 Å². The van der Waals surface area contributed by atoms with E-state index < -0.39 is 17.6 Å². The Balaban J connectivity index is 1.65. The van der Waals surface area contributed by atoms with Gasteiger partial charge in [-0.3, -0.25) is 9.78 Å². The van der Waals surface area contributed by atoms with Crippen LogP contribution in [0, 0.1) is 0 Å². The van der Waals surface area contributed by atoms with Crippen molar-refractivity contribution in [3.8, 4) is 11.5 Å². The largest absolute Gasteiger partial charge is 0.457 e. The Hall–Kier alpha value is -3.35. The van der Waals surface area contributed by atoms with Gasteiger partial charge in [0.15, 0.2) is 0 Å². The van der Waals surface area contributed by atoms with E-state index in [4.69, 9.17) is 4.74 Å². The number of halogens is 3. The van der Waals surface area contributed by atoms with E-state index in [1.807, 2.05) is 0 Å². The Kier molecular flexibility index (Phi) is 5.40. The van der Waals surface area contributed by atoms with Crippen LogP contribution in [-0.4, -0.2) is 10.9 Å². The number of amides is 1. The van der Waals surface area contributed by atoms with E-state index in [-0.39, 0.29) is 12.0 Å². The molecule has 0 atom stereocenters. The van der Waals surface area contributed by atoms with E-state index >= 15 is 0 Å². The van der Waals surface area contributed by atoms with E-state index in [1.54, 1.807) is 48.8 Å². The second kappa shape index (κ2) is 7.90. The molecule has 4 nitrogen and oxygen atoms in total. The van der Waals surface area contributed by atoms with E-state index in [0.717, 1.165) is 12.1 Å². The van der Waals surface area contributed by atoms with Crippen LogP contribution in [0.3, 0.4) is 0 Å². The average molecular weight is 372 g/mol. The summed E-state index contributed by atoms with van der Waals surface area (Å²) in [5.74, 6) is 0.686. The molecule has 138 valence electrons. The molecule has 3 aromatic rings. The number of hydrogen-bond acceptors (Lipinski definition) is 3. The molecule has 2 aromatic carbocycles. The first-order chi connectivity index (χ1) is 12.9. The first-order valence-electron chi connectivity index (χ1n) is 8.04. The minimum atomic E-state index is -4.44. The summed E-state index contributed by atoms with van der Waals surface area (Å²) < 4.78 is 43.9. The summed E-state index contributed by atoms with van der Waals surface area (Å²) >= 11 is 0. The van der Waals surface area contributed by atoms with Gasteiger partial charge in [-0.2, -0.15) is 13.2 Å². The van der Waals surface area contributed by atoms with Gasteiger partial charge in [-0.25, -0.2) is 0 Å². The van der Waals surface area contributed by atoms with Crippen molar-refractivity contribution >= 4 is 11.6 Å². The first kappa shape index (κ1) is 18.4. The molecule has 0 spiro atoms. The van der Waals surface area contributed by atoms with Crippen molar-refractivity contribution < 1.29 is 22.7 Å². The Morgan fingerprint density at radius 2 is 1.70 bits per heavy atom. The molecule has 0 aliphatic heterocycles. The van der Waals surface area contributed by atoms with Gasteiger partial charge in [0.25, 0.3) is 0 Å². The van der Waals surface area contributed by atoms with Crippen LogP contribution >= 0.6 is 0 Å². The predicted molar refractivity (Wildman–Crippen MR) is 94.5 cm³/mol. The van der Waals surface area contributed by atoms with Crippen LogP contribution in [0.2, 0.25) is 0 Å². The van der Waals surface area contributed by atoms with Crippen LogP contribution in [0.5, 0.6) is 11.5 Å². The number of benzene rings is 2. The van der Waals surface area contributed by atoms with Crippen molar-refractivity contribution in [2.75, 3.05) is 5.32 Å². The third-order valence-electron chi connectivity index (χ3n) is 3.62. The number of aromatic nitrogens is 1. The summed E-state index contributed by atoms with van der Waals surface area (Å²) in [7, 11) is 0. The molecule has 0 fully saturated rings. The lowest BCUT2D eigenvalue weighted by molar-refractivity contribution is -0.137. The number of alkyl halides is 3. The summed E-state index contributed by atoms with van der Waals surface area (Å²) in [6.45, 7) is 0. The van der Waals surface area contributed by atoms with Crippen LogP contribution < -0.4 is 10.1 Å². The zero-order valence-corrected chi connectivity index (χ0v) is 14.0. The van der Waals surface area contributed by atoms with Crippen LogP contribution in [0.15, 0.2) is 73.1 Å². The number of nitrogens with zero attached hydrogens (tertiary/aromatic N) is 1. The molecular weight excluding hydrogens is 357 g/mol. The van der Waals surface area contributed by atoms with Crippen molar-refractivity contribution in [2.24, 2.45) is 0 Å². The van der Waals surface area contributed by atoms with E-state index in [2.05, 4.69) is 10.3 Å². The van der Waals surface area contributed by atoms with Crippen LogP contribution in [0.4, 0.5) is 18.9 Å². The highest BCUT2D eigenvalue weighted by Crippen LogP contribution is 2.29. The summed E-state index contributed by atoms with van der Waals surface area (Å²) in [6.07, 6.45) is -1.42. The second-order valence-corrected chi connectivity index (χ2v) is 5.74. The Bertz CT molecular complexity index is 928. The highest BCUT2D eigenvalue weighted by atomic mass is 19.4. The first-order valence-corrected chi connectivity index (χ1v) is 8.04. The molecule has 0 saturated heterocycles. The Labute approximate surface area is 153 Å². The Morgan fingerprint density at radius 3 is 2.44 bits per heavy atom. The summed E-state index contributed by atoms with van der Waals surface area (Å²) in [4.78, 5) is 16.1. The monoisotopic (exact) mass is 372 g/mol. The maximum atomic E-state index is 12.8. The topological polar surface area (TPSA) is 51.2 Å². The molecule has 1 aromatic heterocycles. The van der Waals surface area contributed by atoms with E-state index in [1.165, 1.54) is 12.1 Å². The molecule has 0 aliphatic rings. The third kappa shape index (κ3) is 5.31. The molecule has 0 saturated carbocycles. The van der Waals surface area contributed by atoms with Gasteiger partial charge >= 0.3 is 6.18 Å². The van der Waals surface area contributed by atoms with Gasteiger partial charge in [0.1, 0.15) is 11.5 Å². The average Bonchev–Trinajstić information content (AvgIpc) is 2.62. The van der Waals surface area contributed by atoms with Crippen LogP contribution in [0.25, 0.3) is 0 Å². The van der Waals surface area contributed by atoms with Gasteiger partial charge in [0.05, 0.1) is 12.0 Å². The molecule has 0 radical (unpaired) electrons. The number of carbonyl (C=O) groups excluding carboxylic acids is 1. The Morgan fingerprint density at radius 1 is 0.963 bits per heavy atom. The van der Waals surface area contributed by atoms with Gasteiger partial charge in [0.2, 0.25) is 5.91 Å². The minimum Gasteiger partial charge on any atom is -0.457 e. The number of hydrogen-bond donors (Lipinski definition) is 1. The standard InChI is InChI=1S/C20H15F3N2O2/c21-20(22,23)15-4-1-3-14(11-15)12-19(26)25-16-5-2-6-18(13-16)27-17-7-9-24-10-8-17/h1-11,13H,12H2,(H,25,26). The number of rotatable bonds is 5. The van der Waals surface area contributed by atoms with Crippen molar-refractivity contribution in [3.05, 3.63) is 84.2 Å². The zero-order valence-electron chi connectivity index (χ0n) is 14.0. The fourth-order valence-corrected chi connectivity index (χ4v) is 2.43. The molecular formula is C20H15F3N2O2. The van der Waals surface area contributed by atoms with Gasteiger partial charge in [-0.15, -0.1) is 0 Å². The SMILES string of the molecule is O=C(Cc1cccc(C(F)(F)F)c1)Nc1cccc(Oc2ccncc2)c1. The third-order valence-corrected chi connectivity index (χ3v) is 3.62. The summed E-state index contributed by atoms with van der Waals surface area (Å²) in [5, 5.41) is 2.66. The van der Waals surface area contributed by atoms with Gasteiger partial charge in [-0.05, 0) is 35.9 Å². The summed E-state index contributed by atoms with van der Waals surface area (Å²) in [6, 6.07) is 14.8. The number of nitrogens with one attached hydrogen (secondary N) is 1. The van der Waals surface area contributed by atoms with Crippen molar-refractivity contribution in [2.45, 2.75) is 12.6 Å². The molecule has 1 amide bonds. The molecule has 0 unspecified atom stereocenters. The maximum absolute atomic E-state index is 12.8. The van der Waals surface area contributed by atoms with E-state index in [9.17, 15) is 18.0 Å². The molecule has 7 heteroatoms. The van der Waals surface area contributed by atoms with E-state index in [0.29, 0.717) is 17.2 Å². The van der Waals surface area contributed by atoms with Gasteiger partial charge < -0.3 is 10.1 Å². The molecule has 3 rings (SSSR count). The maximum Gasteiger partial charge on any atom is 0.416 e. The normalized spacial score (nSPS) is 11.1. The smallest absolute Gasteiger partial charge is 0.416 e. The molecule has 1 heterocycles. The van der Waals surface area contributed by atoms with Crippen molar-refractivity contribution in [1.82, 2.24) is 4.98 Å². The number of ether oxygens (including phenoxy) is 1. The lowest BCUT2D eigenvalue weighted by atomic mass is 10.1. The predicted octanol–water partition coefficient (Wildman–Crippen LogP) is 5.07. The zero-order chi connectivity index (χ0) is 19.3. The number of anilines is 1. The highest BCUT2D eigenvalue weighted by molar-refractivity contribution is 5.92. The molecule has 1 N–H and O–H groups in total. The van der Waals surface area contributed by atoms with Gasteiger partial charge in [0, 0.05) is 24.1 Å². The highest BCUT2D eigenvalue weighted by Gasteiger charge is 2.30. The fourth-order valence-electron chi connectivity index (χ4n) is 2.43. The number of pyridine rings is 1. The fraction of sp³-hybridized carbons (Fsp3) is 0.100. The van der Waals surface area contributed by atoms with Crippen molar-refractivity contribution in [1.29, 1.82) is 0 Å². The molecule has 0 bridgehead atoms. The van der Waals surface area contributed by atoms with Crippen molar-refractivity contribution in [3.63, 3.8) is 0 Å². The quantitative estimate of drug-likeness (QED) is 0.680. The molecule has 0 aliphatic carbocycles. The molecule has 27 heavy (non-hydrogen) atoms. The van der Waals surface area contributed by atoms with Crippen LogP contribution in [-0.2, 0) is 17.4 Å². The number of carbonyl (C=O) groups is 1. The lowest BCUT2D eigenvalue weighted by Gasteiger charge is -2.10. The summed E-state index contributed by atoms with van der Waals surface area (Å²) in [5.41, 5.74) is -0.00871.